The SMILES string of the molecule is Cc1cccc(NC(=O)C(C)NC(c2ccccc2)c2cccs2)c1. The molecule has 0 bridgehead atoms. The van der Waals surface area contributed by atoms with Crippen molar-refractivity contribution in [2.75, 3.05) is 5.32 Å². The van der Waals surface area contributed by atoms with Crippen LogP contribution in [0.1, 0.15) is 29.0 Å². The first-order valence-electron chi connectivity index (χ1n) is 8.35. The Labute approximate surface area is 152 Å². The molecule has 3 rings (SSSR count). The highest BCUT2D eigenvalue weighted by molar-refractivity contribution is 7.10. The van der Waals surface area contributed by atoms with Crippen LogP contribution in [0.4, 0.5) is 5.69 Å². The summed E-state index contributed by atoms with van der Waals surface area (Å²) in [7, 11) is 0. The first kappa shape index (κ1) is 17.4. The van der Waals surface area contributed by atoms with Crippen molar-refractivity contribution >= 4 is 22.9 Å². The predicted octanol–water partition coefficient (Wildman–Crippen LogP) is 4.76. The van der Waals surface area contributed by atoms with Gasteiger partial charge in [0.1, 0.15) is 0 Å². The van der Waals surface area contributed by atoms with Crippen LogP contribution in [0.3, 0.4) is 0 Å². The predicted molar refractivity (Wildman–Crippen MR) is 105 cm³/mol. The normalized spacial score (nSPS) is 13.2. The van der Waals surface area contributed by atoms with Gasteiger partial charge >= 0.3 is 0 Å². The number of aryl methyl sites for hydroxylation is 1. The fourth-order valence-electron chi connectivity index (χ4n) is 2.74. The monoisotopic (exact) mass is 350 g/mol. The lowest BCUT2D eigenvalue weighted by molar-refractivity contribution is -0.117. The van der Waals surface area contributed by atoms with E-state index >= 15 is 0 Å². The van der Waals surface area contributed by atoms with Crippen LogP contribution in [0.5, 0.6) is 0 Å². The molecule has 3 aromatic rings. The van der Waals surface area contributed by atoms with Crippen molar-refractivity contribution in [1.29, 1.82) is 0 Å². The van der Waals surface area contributed by atoms with E-state index in [2.05, 4.69) is 34.2 Å². The van der Waals surface area contributed by atoms with Crippen LogP contribution in [-0.4, -0.2) is 11.9 Å². The summed E-state index contributed by atoms with van der Waals surface area (Å²) in [5.41, 5.74) is 3.10. The Morgan fingerprint density at radius 2 is 1.80 bits per heavy atom. The smallest absolute Gasteiger partial charge is 0.241 e. The molecule has 3 nitrogen and oxygen atoms in total. The molecule has 0 aliphatic carbocycles. The minimum atomic E-state index is -0.326. The maximum absolute atomic E-state index is 12.6. The van der Waals surface area contributed by atoms with Crippen molar-refractivity contribution in [1.82, 2.24) is 5.32 Å². The minimum Gasteiger partial charge on any atom is -0.325 e. The molecule has 128 valence electrons. The van der Waals surface area contributed by atoms with Crippen LogP contribution < -0.4 is 10.6 Å². The highest BCUT2D eigenvalue weighted by Crippen LogP contribution is 2.26. The van der Waals surface area contributed by atoms with E-state index in [-0.39, 0.29) is 18.0 Å². The zero-order valence-electron chi connectivity index (χ0n) is 14.4. The highest BCUT2D eigenvalue weighted by atomic mass is 32.1. The number of rotatable bonds is 6. The third-order valence-electron chi connectivity index (χ3n) is 4.06. The van der Waals surface area contributed by atoms with Gasteiger partial charge in [0.25, 0.3) is 0 Å². The number of nitrogens with one attached hydrogen (secondary N) is 2. The highest BCUT2D eigenvalue weighted by Gasteiger charge is 2.21. The Morgan fingerprint density at radius 1 is 1.00 bits per heavy atom. The minimum absolute atomic E-state index is 0.000500. The van der Waals surface area contributed by atoms with Crippen molar-refractivity contribution in [3.8, 4) is 0 Å². The molecule has 1 heterocycles. The molecule has 0 aliphatic heterocycles. The van der Waals surface area contributed by atoms with Gasteiger partial charge in [-0.2, -0.15) is 0 Å². The van der Waals surface area contributed by atoms with Gasteiger partial charge in [-0.1, -0.05) is 48.5 Å². The molecule has 1 amide bonds. The molecular formula is C21H22N2OS. The summed E-state index contributed by atoms with van der Waals surface area (Å²) in [6.45, 7) is 3.91. The van der Waals surface area contributed by atoms with Crippen LogP contribution in [0.15, 0.2) is 72.1 Å². The van der Waals surface area contributed by atoms with Crippen LogP contribution in [0, 0.1) is 6.92 Å². The summed E-state index contributed by atoms with van der Waals surface area (Å²) in [5.74, 6) is -0.0388. The summed E-state index contributed by atoms with van der Waals surface area (Å²) in [6.07, 6.45) is 0. The van der Waals surface area contributed by atoms with E-state index in [1.807, 2.05) is 62.4 Å². The third-order valence-corrected chi connectivity index (χ3v) is 4.99. The fourth-order valence-corrected chi connectivity index (χ4v) is 3.55. The molecule has 0 radical (unpaired) electrons. The number of benzene rings is 2. The van der Waals surface area contributed by atoms with Crippen LogP contribution in [-0.2, 0) is 4.79 Å². The molecule has 0 fully saturated rings. The third kappa shape index (κ3) is 4.56. The van der Waals surface area contributed by atoms with E-state index in [1.54, 1.807) is 11.3 Å². The van der Waals surface area contributed by atoms with E-state index in [0.29, 0.717) is 0 Å². The van der Waals surface area contributed by atoms with Crippen molar-refractivity contribution in [2.45, 2.75) is 25.9 Å². The van der Waals surface area contributed by atoms with Gasteiger partial charge in [0.05, 0.1) is 12.1 Å². The number of hydrogen-bond acceptors (Lipinski definition) is 3. The molecule has 2 N–H and O–H groups in total. The van der Waals surface area contributed by atoms with Gasteiger partial charge in [-0.25, -0.2) is 0 Å². The standard InChI is InChI=1S/C21H22N2OS/c1-15-8-6-11-18(14-15)23-21(24)16(2)22-20(19-12-7-13-25-19)17-9-4-3-5-10-17/h3-14,16,20,22H,1-2H3,(H,23,24). The van der Waals surface area contributed by atoms with Crippen molar-refractivity contribution in [2.24, 2.45) is 0 Å². The maximum Gasteiger partial charge on any atom is 0.241 e. The first-order valence-corrected chi connectivity index (χ1v) is 9.23. The Kier molecular flexibility index (Phi) is 5.64. The van der Waals surface area contributed by atoms with Crippen molar-refractivity contribution in [3.63, 3.8) is 0 Å². The van der Waals surface area contributed by atoms with Crippen molar-refractivity contribution < 1.29 is 4.79 Å². The van der Waals surface area contributed by atoms with E-state index in [4.69, 9.17) is 0 Å². The zero-order chi connectivity index (χ0) is 17.6. The van der Waals surface area contributed by atoms with Crippen LogP contribution in [0.25, 0.3) is 0 Å². The summed E-state index contributed by atoms with van der Waals surface area (Å²) in [6, 6.07) is 21.9. The Hall–Kier alpha value is -2.43. The molecule has 0 aliphatic rings. The quantitative estimate of drug-likeness (QED) is 0.673. The second-order valence-corrected chi connectivity index (χ2v) is 7.09. The summed E-state index contributed by atoms with van der Waals surface area (Å²) >= 11 is 1.69. The Balaban J connectivity index is 1.74. The molecule has 4 heteroatoms. The lowest BCUT2D eigenvalue weighted by Crippen LogP contribution is -2.40. The molecule has 0 saturated heterocycles. The number of thiophene rings is 1. The van der Waals surface area contributed by atoms with Gasteiger partial charge in [0.2, 0.25) is 5.91 Å². The second-order valence-electron chi connectivity index (χ2n) is 6.11. The number of carbonyl (C=O) groups is 1. The van der Waals surface area contributed by atoms with Gasteiger partial charge in [0, 0.05) is 10.6 Å². The van der Waals surface area contributed by atoms with Gasteiger partial charge in [-0.15, -0.1) is 11.3 Å². The van der Waals surface area contributed by atoms with E-state index in [9.17, 15) is 4.79 Å². The number of amides is 1. The largest absolute Gasteiger partial charge is 0.325 e. The number of hydrogen-bond donors (Lipinski definition) is 2. The molecule has 0 saturated carbocycles. The van der Waals surface area contributed by atoms with E-state index in [0.717, 1.165) is 16.8 Å². The first-order chi connectivity index (χ1) is 12.1. The Morgan fingerprint density at radius 3 is 2.48 bits per heavy atom. The van der Waals surface area contributed by atoms with Gasteiger partial charge in [-0.05, 0) is 48.6 Å². The van der Waals surface area contributed by atoms with Gasteiger partial charge < -0.3 is 5.32 Å². The molecule has 25 heavy (non-hydrogen) atoms. The summed E-state index contributed by atoms with van der Waals surface area (Å²) < 4.78 is 0. The lowest BCUT2D eigenvalue weighted by Gasteiger charge is -2.22. The molecular weight excluding hydrogens is 328 g/mol. The van der Waals surface area contributed by atoms with E-state index < -0.39 is 0 Å². The molecule has 2 atom stereocenters. The van der Waals surface area contributed by atoms with Gasteiger partial charge in [0.15, 0.2) is 0 Å². The molecule has 1 aromatic heterocycles. The summed E-state index contributed by atoms with van der Waals surface area (Å²) in [5, 5.41) is 8.52. The van der Waals surface area contributed by atoms with E-state index in [1.165, 1.54) is 4.88 Å². The lowest BCUT2D eigenvalue weighted by atomic mass is 10.0. The second kappa shape index (κ2) is 8.10. The number of anilines is 1. The maximum atomic E-state index is 12.6. The molecule has 0 spiro atoms. The van der Waals surface area contributed by atoms with Crippen LogP contribution in [0.2, 0.25) is 0 Å². The zero-order valence-corrected chi connectivity index (χ0v) is 15.2. The van der Waals surface area contributed by atoms with Crippen LogP contribution >= 0.6 is 11.3 Å². The topological polar surface area (TPSA) is 41.1 Å². The average molecular weight is 350 g/mol. The Bertz CT molecular complexity index is 815. The molecule has 2 aromatic carbocycles. The van der Waals surface area contributed by atoms with Crippen molar-refractivity contribution in [3.05, 3.63) is 88.1 Å². The average Bonchev–Trinajstić information content (AvgIpc) is 3.14. The fraction of sp³-hybridized carbons (Fsp3) is 0.190. The summed E-state index contributed by atoms with van der Waals surface area (Å²) in [4.78, 5) is 13.8. The molecule has 2 unspecified atom stereocenters. The number of carbonyl (C=O) groups excluding carboxylic acids is 1. The van der Waals surface area contributed by atoms with Gasteiger partial charge in [-0.3, -0.25) is 10.1 Å².